The maximum absolute atomic E-state index is 4.36. The zero-order chi connectivity index (χ0) is 57.9. The van der Waals surface area contributed by atoms with Crippen LogP contribution in [0.5, 0.6) is 0 Å². The molecule has 5 aliphatic heterocycles. The van der Waals surface area contributed by atoms with E-state index in [9.17, 15) is 0 Å². The van der Waals surface area contributed by atoms with Crippen LogP contribution in [0.4, 0.5) is 34.1 Å². The van der Waals surface area contributed by atoms with Crippen LogP contribution in [0.25, 0.3) is 32.8 Å². The van der Waals surface area contributed by atoms with Gasteiger partial charge in [0.2, 0.25) is 0 Å². The Morgan fingerprint density at radius 2 is 0.798 bits per heavy atom. The Morgan fingerprint density at radius 3 is 1.27 bits per heavy atom. The van der Waals surface area contributed by atoms with Crippen LogP contribution in [0.1, 0.15) is 13.8 Å². The predicted octanol–water partition coefficient (Wildman–Crippen LogP) is 15.9. The van der Waals surface area contributed by atoms with Gasteiger partial charge in [0.25, 0.3) is 0 Å². The molecule has 9 aromatic rings. The van der Waals surface area contributed by atoms with Crippen molar-refractivity contribution < 1.29 is 101 Å². The summed E-state index contributed by atoms with van der Waals surface area (Å²) in [6.45, 7) is 14.5. The molecule has 2 aromatic heterocycles. The Kier molecular flexibility index (Phi) is 30.8. The fourth-order valence-electron chi connectivity index (χ4n) is 8.84. The molecule has 0 amide bonds. The summed E-state index contributed by atoms with van der Waals surface area (Å²) >= 11 is 1.76. The van der Waals surface area contributed by atoms with E-state index in [1.807, 2.05) is 243 Å². The number of hydrogen-bond acceptors (Lipinski definition) is 12. The van der Waals surface area contributed by atoms with E-state index in [1.165, 1.54) is 21.6 Å². The average molecular weight is 2080 g/mol. The van der Waals surface area contributed by atoms with Gasteiger partial charge in [0, 0.05) is 123 Å². The minimum atomic E-state index is 0. The number of anilines is 6. The molecule has 0 saturated heterocycles. The van der Waals surface area contributed by atoms with Crippen molar-refractivity contribution in [1.29, 1.82) is 0 Å². The number of thiophene rings is 1. The van der Waals surface area contributed by atoms with Crippen molar-refractivity contribution in [2.24, 2.45) is 0 Å². The zero-order valence-corrected chi connectivity index (χ0v) is 62.2. The summed E-state index contributed by atoms with van der Waals surface area (Å²) in [7, 11) is 6.02. The van der Waals surface area contributed by atoms with Gasteiger partial charge in [-0.2, -0.15) is 142 Å². The SMILES string of the molecule is CC(C)N1C=CN(c2[c-]cccc2)[CH-]1.CN1C=CN(c2[c-]ccc(-c3ccccc3)c2)[CH-]1.CN1C=CN(c2[c-]ccc(-c3ccccn3)c2)[CH-]1.CN1C=CN(c2[c-]ccc(-c3cccs3)c2)[CH-]1.[Ir].[Ir].[Ir].[Ir].[Ir].[c-]1ccccc1N1C=CN(c2ccccc2)[CH-]1. The Hall–Kier alpha value is -6.66. The smallest absolute Gasteiger partial charge is 0.0461 e. The van der Waals surface area contributed by atoms with Gasteiger partial charge in [-0.3, -0.25) is 4.98 Å². The molecule has 0 N–H and O–H groups in total. The molecule has 0 unspecified atom stereocenters. The quantitative estimate of drug-likeness (QED) is 0.123. The molecule has 0 atom stereocenters. The maximum atomic E-state index is 4.36. The monoisotopic (exact) mass is 2080 g/mol. The van der Waals surface area contributed by atoms with E-state index in [0.29, 0.717) is 6.04 Å². The maximum Gasteiger partial charge on any atom is 0.0461 e. The molecular formula is C72H65Ir5N11S-10. The number of rotatable bonds is 10. The fourth-order valence-corrected chi connectivity index (χ4v) is 9.57. The van der Waals surface area contributed by atoms with Crippen LogP contribution in [0.3, 0.4) is 0 Å². The van der Waals surface area contributed by atoms with Gasteiger partial charge in [0.15, 0.2) is 0 Å². The second-order valence-electron chi connectivity index (χ2n) is 19.8. The van der Waals surface area contributed by atoms with Crippen LogP contribution in [0.15, 0.2) is 268 Å². The number of nitrogens with zero attached hydrogens (tertiary/aromatic N) is 11. The molecule has 5 aliphatic rings. The van der Waals surface area contributed by atoms with Crippen LogP contribution in [0, 0.1) is 63.7 Å². The van der Waals surface area contributed by atoms with E-state index in [1.54, 1.807) is 17.5 Å². The normalized spacial score (nSPS) is 13.8. The van der Waals surface area contributed by atoms with Crippen LogP contribution in [-0.4, -0.2) is 51.8 Å². The standard InChI is InChI=1S/C16H14N2.C15H13N3.C15H12N2.C14H12N2S.C12H14N2.5Ir/c1-17-10-11-18(13-17)16-9-5-8-15(12-16)14-6-3-2-4-7-14;1-17-9-10-18(12-17)14-6-4-5-13(11-14)15-7-2-3-8-16-15;1-3-7-14(8-4-1)16-11-12-17(13-16)15-9-5-2-6-10-15;1-15-7-8-16(11-15)13-5-2-4-12(10-13)14-6-3-9-17-14;1-11(2)13-8-9-14(10-13)12-6-4-3-5-7-12;;;;;/h2-8,10-13H,1H3;2-5,7-12H,1H3;1-9,11-13H;2-4,6-11H,1H3;3-6,8-11H,1-2H3;;;;;/q5*-2;;;;;. The van der Waals surface area contributed by atoms with Gasteiger partial charge in [-0.15, -0.1) is 81.3 Å². The van der Waals surface area contributed by atoms with E-state index in [0.717, 1.165) is 45.4 Å². The third-order valence-electron chi connectivity index (χ3n) is 13.3. The topological polar surface area (TPSA) is 45.3 Å². The summed E-state index contributed by atoms with van der Waals surface area (Å²) in [5, 5.41) is 2.10. The first kappa shape index (κ1) is 73.1. The van der Waals surface area contributed by atoms with Crippen molar-refractivity contribution in [2.75, 3.05) is 50.5 Å². The molecule has 0 fully saturated rings. The largest absolute Gasteiger partial charge is 0.510 e. The fraction of sp³-hybridized carbons (Fsp3) is 0.0833. The van der Waals surface area contributed by atoms with Gasteiger partial charge >= 0.3 is 0 Å². The molecule has 0 bridgehead atoms. The van der Waals surface area contributed by atoms with Crippen molar-refractivity contribution in [2.45, 2.75) is 19.9 Å². The molecule has 89 heavy (non-hydrogen) atoms. The van der Waals surface area contributed by atoms with Crippen molar-refractivity contribution in [3.63, 3.8) is 0 Å². The van der Waals surface area contributed by atoms with Gasteiger partial charge in [0.1, 0.15) is 0 Å². The van der Waals surface area contributed by atoms with Gasteiger partial charge in [-0.25, -0.2) is 0 Å². The van der Waals surface area contributed by atoms with Gasteiger partial charge in [-0.05, 0) is 144 Å². The van der Waals surface area contributed by atoms with E-state index in [-0.39, 0.29) is 101 Å². The molecule has 7 heterocycles. The first-order valence-electron chi connectivity index (χ1n) is 27.5. The van der Waals surface area contributed by atoms with E-state index in [2.05, 4.69) is 171 Å². The summed E-state index contributed by atoms with van der Waals surface area (Å²) in [4.78, 5) is 26.2. The minimum Gasteiger partial charge on any atom is -0.510 e. The Morgan fingerprint density at radius 1 is 0.360 bits per heavy atom. The second-order valence-corrected chi connectivity index (χ2v) is 20.8. The second kappa shape index (κ2) is 37.5. The van der Waals surface area contributed by atoms with E-state index >= 15 is 0 Å². The molecular weight excluding hydrogens is 2010 g/mol. The summed E-state index contributed by atoms with van der Waals surface area (Å²) in [5.74, 6) is 0. The molecule has 0 saturated carbocycles. The van der Waals surface area contributed by atoms with Gasteiger partial charge < -0.3 is 49.0 Å². The summed E-state index contributed by atoms with van der Waals surface area (Å²) in [6.07, 6.45) is 22.1. The number of pyridine rings is 1. The number of benzene rings is 7. The third-order valence-corrected chi connectivity index (χ3v) is 14.2. The molecule has 7 aromatic carbocycles. The Labute approximate surface area is 599 Å². The van der Waals surface area contributed by atoms with Crippen LogP contribution in [0.2, 0.25) is 0 Å². The van der Waals surface area contributed by atoms with Gasteiger partial charge in [0.05, 0.1) is 0 Å². The van der Waals surface area contributed by atoms with Crippen LogP contribution >= 0.6 is 11.3 Å². The van der Waals surface area contributed by atoms with Crippen molar-refractivity contribution in [1.82, 2.24) is 24.6 Å². The zero-order valence-electron chi connectivity index (χ0n) is 49.4. The Balaban J connectivity index is 0.000000200. The molecule has 17 heteroatoms. The first-order chi connectivity index (χ1) is 41.2. The summed E-state index contributed by atoms with van der Waals surface area (Å²) in [6, 6.07) is 81.8. The average Bonchev–Trinajstić information content (AvgIpc) is 4.15. The number of aromatic nitrogens is 1. The first-order valence-corrected chi connectivity index (χ1v) is 28.4. The molecule has 14 rings (SSSR count). The van der Waals surface area contributed by atoms with E-state index < -0.39 is 0 Å². The van der Waals surface area contributed by atoms with Gasteiger partial charge in [-0.1, -0.05) is 60.7 Å². The third kappa shape index (κ3) is 21.2. The summed E-state index contributed by atoms with van der Waals surface area (Å²) < 4.78 is 0. The molecule has 11 nitrogen and oxygen atoms in total. The number of para-hydroxylation sites is 3. The van der Waals surface area contributed by atoms with Crippen molar-refractivity contribution in [3.8, 4) is 32.8 Å². The van der Waals surface area contributed by atoms with E-state index in [4.69, 9.17) is 0 Å². The van der Waals surface area contributed by atoms with Crippen molar-refractivity contribution in [3.05, 3.63) is 331 Å². The number of hydrogen-bond donors (Lipinski definition) is 0. The molecule has 0 spiro atoms. The Bertz CT molecular complexity index is 3450. The van der Waals surface area contributed by atoms with Crippen molar-refractivity contribution >= 4 is 45.5 Å². The molecule has 0 aliphatic carbocycles. The molecule has 5 radical (unpaired) electrons. The van der Waals surface area contributed by atoms with Crippen LogP contribution in [-0.2, 0) is 101 Å². The minimum absolute atomic E-state index is 0. The molecule has 469 valence electrons. The predicted molar refractivity (Wildman–Crippen MR) is 347 cm³/mol. The van der Waals surface area contributed by atoms with Crippen LogP contribution < -0.4 is 29.4 Å². The summed E-state index contributed by atoms with van der Waals surface area (Å²) in [5.41, 5.74) is 12.2.